The van der Waals surface area contributed by atoms with Gasteiger partial charge in [0.05, 0.1) is 36.9 Å². The molecule has 0 unspecified atom stereocenters. The molecule has 0 saturated carbocycles. The number of carbonyl (C=O) groups is 2. The first-order chi connectivity index (χ1) is 20.7. The number of rotatable bonds is 8. The molecule has 3 aromatic carbocycles. The van der Waals surface area contributed by atoms with Crippen molar-refractivity contribution in [3.8, 4) is 0 Å². The number of piperazine rings is 1. The molecule has 0 spiro atoms. The Morgan fingerprint density at radius 2 is 1.02 bits per heavy atom. The summed E-state index contributed by atoms with van der Waals surface area (Å²) in [6.07, 6.45) is 1.34. The van der Waals surface area contributed by atoms with Gasteiger partial charge in [0.15, 0.2) is 0 Å². The van der Waals surface area contributed by atoms with Crippen LogP contribution in [0.1, 0.15) is 37.9 Å². The van der Waals surface area contributed by atoms with Gasteiger partial charge in [-0.2, -0.15) is 16.8 Å². The lowest BCUT2D eigenvalue weighted by Gasteiger charge is -2.36. The molecular weight excluding hydrogens is 610 g/mol. The second-order valence-electron chi connectivity index (χ2n) is 10.2. The molecule has 2 heterocycles. The first kappa shape index (κ1) is 35.0. The van der Waals surface area contributed by atoms with Crippen molar-refractivity contribution < 1.29 is 40.3 Å². The zero-order chi connectivity index (χ0) is 32.3. The fourth-order valence-corrected chi connectivity index (χ4v) is 4.66. The Hall–Kier alpha value is -3.50. The lowest BCUT2D eigenvalue weighted by molar-refractivity contribution is 0.0312. The largest absolute Gasteiger partial charge is 0.367 e. The second-order valence-corrected chi connectivity index (χ2v) is 13.2. The number of benzene rings is 3. The van der Waals surface area contributed by atoms with E-state index >= 15 is 0 Å². The van der Waals surface area contributed by atoms with E-state index in [-0.39, 0.29) is 17.9 Å². The van der Waals surface area contributed by atoms with Gasteiger partial charge in [-0.25, -0.2) is 0 Å². The van der Waals surface area contributed by atoms with Crippen LogP contribution in [0, 0.1) is 0 Å². The number of carbonyl (C=O) groups excluding carboxylic acids is 2. The standard InChI is InChI=1S/C28H29N3O3.2CH4O3S/c32-27-24-13-7-8-14-25(24)28(33)31(27)21-30-17-15-29(16-18-30)19-20-34-26(22-9-3-1-4-10-22)23-11-5-2-6-12-23;2*1-5(2,3)4/h1-14,26H,15-21H2;2*1H3,(H,2,3,4). The summed E-state index contributed by atoms with van der Waals surface area (Å²) >= 11 is 0. The van der Waals surface area contributed by atoms with E-state index in [0.717, 1.165) is 43.9 Å². The number of fused-ring (bicyclic) bond motifs is 1. The summed E-state index contributed by atoms with van der Waals surface area (Å²) in [6, 6.07) is 27.7. The summed E-state index contributed by atoms with van der Waals surface area (Å²) in [6.45, 7) is 5.22. The highest BCUT2D eigenvalue weighted by Crippen LogP contribution is 2.26. The molecule has 44 heavy (non-hydrogen) atoms. The van der Waals surface area contributed by atoms with Gasteiger partial charge < -0.3 is 4.74 Å². The average molecular weight is 648 g/mol. The highest BCUT2D eigenvalue weighted by Gasteiger charge is 2.36. The summed E-state index contributed by atoms with van der Waals surface area (Å²) < 4.78 is 58.1. The summed E-state index contributed by atoms with van der Waals surface area (Å²) in [5.41, 5.74) is 3.32. The van der Waals surface area contributed by atoms with Gasteiger partial charge in [-0.1, -0.05) is 72.8 Å². The van der Waals surface area contributed by atoms with E-state index in [4.69, 9.17) is 13.8 Å². The van der Waals surface area contributed by atoms with Crippen LogP contribution >= 0.6 is 0 Å². The average Bonchev–Trinajstić information content (AvgIpc) is 3.20. The third-order valence-electron chi connectivity index (χ3n) is 6.58. The molecular formula is C30H37N3O9S2. The Morgan fingerprint density at radius 3 is 1.43 bits per heavy atom. The molecule has 1 fully saturated rings. The predicted molar refractivity (Wildman–Crippen MR) is 165 cm³/mol. The quantitative estimate of drug-likeness (QED) is 0.273. The van der Waals surface area contributed by atoms with Gasteiger partial charge in [-0.3, -0.25) is 33.4 Å². The predicted octanol–water partition coefficient (Wildman–Crippen LogP) is 2.67. The van der Waals surface area contributed by atoms with E-state index in [9.17, 15) is 26.4 Å². The zero-order valence-electron chi connectivity index (χ0n) is 24.5. The first-order valence-corrected chi connectivity index (χ1v) is 17.4. The minimum absolute atomic E-state index is 0.0856. The molecule has 5 rings (SSSR count). The molecule has 238 valence electrons. The van der Waals surface area contributed by atoms with Crippen molar-refractivity contribution in [3.63, 3.8) is 0 Å². The van der Waals surface area contributed by atoms with E-state index in [1.807, 2.05) is 36.4 Å². The number of nitrogens with zero attached hydrogens (tertiary/aromatic N) is 3. The third kappa shape index (κ3) is 11.9. The fourth-order valence-electron chi connectivity index (χ4n) is 4.66. The lowest BCUT2D eigenvalue weighted by atomic mass is 10.0. The molecule has 0 atom stereocenters. The molecule has 2 amide bonds. The monoisotopic (exact) mass is 647 g/mol. The van der Waals surface area contributed by atoms with Crippen molar-refractivity contribution in [2.75, 3.05) is 58.5 Å². The molecule has 0 radical (unpaired) electrons. The number of hydrogen-bond acceptors (Lipinski definition) is 9. The van der Waals surface area contributed by atoms with E-state index < -0.39 is 20.2 Å². The second kappa shape index (κ2) is 16.0. The molecule has 3 aromatic rings. The molecule has 14 heteroatoms. The summed E-state index contributed by atoms with van der Waals surface area (Å²) in [7, 11) is -7.33. The molecule has 0 aliphatic carbocycles. The minimum atomic E-state index is -3.67. The van der Waals surface area contributed by atoms with Crippen molar-refractivity contribution in [3.05, 3.63) is 107 Å². The highest BCUT2D eigenvalue weighted by molar-refractivity contribution is 7.85. The number of ether oxygens (including phenoxy) is 1. The topological polar surface area (TPSA) is 162 Å². The maximum Gasteiger partial charge on any atom is 0.262 e. The van der Waals surface area contributed by atoms with Crippen molar-refractivity contribution in [2.45, 2.75) is 6.10 Å². The first-order valence-electron chi connectivity index (χ1n) is 13.7. The van der Waals surface area contributed by atoms with Crippen LogP contribution in [0.2, 0.25) is 0 Å². The Labute approximate surface area is 258 Å². The van der Waals surface area contributed by atoms with E-state index in [1.54, 1.807) is 24.3 Å². The molecule has 0 aromatic heterocycles. The Kier molecular flexibility index (Phi) is 12.7. The molecule has 2 N–H and O–H groups in total. The summed E-state index contributed by atoms with van der Waals surface area (Å²) in [5, 5.41) is 0. The minimum Gasteiger partial charge on any atom is -0.367 e. The highest BCUT2D eigenvalue weighted by atomic mass is 32.2. The van der Waals surface area contributed by atoms with Crippen molar-refractivity contribution in [2.24, 2.45) is 0 Å². The van der Waals surface area contributed by atoms with Crippen molar-refractivity contribution >= 4 is 32.1 Å². The lowest BCUT2D eigenvalue weighted by Crippen LogP contribution is -2.51. The molecule has 0 bridgehead atoms. The maximum atomic E-state index is 12.6. The van der Waals surface area contributed by atoms with Crippen molar-refractivity contribution in [1.29, 1.82) is 0 Å². The van der Waals surface area contributed by atoms with E-state index in [1.165, 1.54) is 4.90 Å². The van der Waals surface area contributed by atoms with Crippen LogP contribution in [-0.2, 0) is 25.0 Å². The van der Waals surface area contributed by atoms with Gasteiger partial charge in [0.1, 0.15) is 6.10 Å². The van der Waals surface area contributed by atoms with Gasteiger partial charge in [0.2, 0.25) is 0 Å². The number of amides is 2. The van der Waals surface area contributed by atoms with Crippen LogP contribution in [-0.4, -0.2) is 111 Å². The van der Waals surface area contributed by atoms with Gasteiger partial charge >= 0.3 is 0 Å². The fraction of sp³-hybridized carbons (Fsp3) is 0.333. The van der Waals surface area contributed by atoms with Crippen LogP contribution in [0.3, 0.4) is 0 Å². The SMILES string of the molecule is CS(=O)(=O)O.CS(=O)(=O)O.O=C1c2ccccc2C(=O)N1CN1CCN(CCOC(c2ccccc2)c2ccccc2)CC1. The molecule has 1 saturated heterocycles. The third-order valence-corrected chi connectivity index (χ3v) is 6.58. The van der Waals surface area contributed by atoms with Crippen LogP contribution in [0.25, 0.3) is 0 Å². The Morgan fingerprint density at radius 1 is 0.659 bits per heavy atom. The van der Waals surface area contributed by atoms with Crippen LogP contribution < -0.4 is 0 Å². The van der Waals surface area contributed by atoms with Gasteiger partial charge in [0, 0.05) is 32.7 Å². The molecule has 2 aliphatic rings. The van der Waals surface area contributed by atoms with Gasteiger partial charge in [0.25, 0.3) is 32.1 Å². The normalized spacial score (nSPS) is 15.7. The van der Waals surface area contributed by atoms with Crippen molar-refractivity contribution in [1.82, 2.24) is 14.7 Å². The number of hydrogen-bond donors (Lipinski definition) is 2. The maximum absolute atomic E-state index is 12.6. The number of imide groups is 1. The van der Waals surface area contributed by atoms with Gasteiger partial charge in [-0.05, 0) is 23.3 Å². The van der Waals surface area contributed by atoms with Gasteiger partial charge in [-0.15, -0.1) is 0 Å². The zero-order valence-corrected chi connectivity index (χ0v) is 26.2. The summed E-state index contributed by atoms with van der Waals surface area (Å²) in [5.74, 6) is -0.381. The van der Waals surface area contributed by atoms with Crippen LogP contribution in [0.15, 0.2) is 84.9 Å². The van der Waals surface area contributed by atoms with E-state index in [2.05, 4.69) is 34.1 Å². The van der Waals surface area contributed by atoms with Crippen LogP contribution in [0.5, 0.6) is 0 Å². The Balaban J connectivity index is 0.000000461. The Bertz CT molecular complexity index is 1470. The molecule has 12 nitrogen and oxygen atoms in total. The smallest absolute Gasteiger partial charge is 0.262 e. The molecule has 2 aliphatic heterocycles. The summed E-state index contributed by atoms with van der Waals surface area (Å²) in [4.78, 5) is 31.2. The van der Waals surface area contributed by atoms with E-state index in [0.29, 0.717) is 36.9 Å². The van der Waals surface area contributed by atoms with Crippen LogP contribution in [0.4, 0.5) is 0 Å².